The number of para-hydroxylation sites is 2. The molecule has 4 rings (SSSR count). The van der Waals surface area contributed by atoms with E-state index in [4.69, 9.17) is 0 Å². The molecule has 4 aromatic rings. The third kappa shape index (κ3) is 3.63. The van der Waals surface area contributed by atoms with Crippen molar-refractivity contribution in [3.63, 3.8) is 0 Å². The van der Waals surface area contributed by atoms with Crippen molar-refractivity contribution in [3.8, 4) is 11.7 Å². The molecule has 11 heteroatoms. The summed E-state index contributed by atoms with van der Waals surface area (Å²) in [4.78, 5) is 27.1. The molecule has 0 saturated carbocycles. The lowest BCUT2D eigenvalue weighted by atomic mass is 10.3. The van der Waals surface area contributed by atoms with Crippen LogP contribution in [0.5, 0.6) is 5.75 Å². The van der Waals surface area contributed by atoms with E-state index in [-0.39, 0.29) is 17.6 Å². The molecular weight excluding hydrogens is 377 g/mol. The van der Waals surface area contributed by atoms with E-state index in [0.717, 1.165) is 12.1 Å². The van der Waals surface area contributed by atoms with Gasteiger partial charge in [-0.25, -0.2) is 19.3 Å². The molecule has 0 fully saturated rings. The number of fused-ring (bicyclic) bond motifs is 1. The summed E-state index contributed by atoms with van der Waals surface area (Å²) in [7, 11) is 0. The van der Waals surface area contributed by atoms with Crippen molar-refractivity contribution < 1.29 is 17.9 Å². The van der Waals surface area contributed by atoms with Crippen LogP contribution < -0.4 is 15.7 Å². The van der Waals surface area contributed by atoms with Gasteiger partial charge in [0.2, 0.25) is 11.9 Å². The second-order valence-corrected chi connectivity index (χ2v) is 5.59. The molecule has 0 saturated heterocycles. The van der Waals surface area contributed by atoms with Crippen LogP contribution in [0, 0.1) is 0 Å². The largest absolute Gasteiger partial charge is 0.573 e. The summed E-state index contributed by atoms with van der Waals surface area (Å²) in [5, 5.41) is 2.84. The molecule has 0 atom stereocenters. The number of hydrogen-bond acceptors (Lipinski definition) is 6. The van der Waals surface area contributed by atoms with Crippen LogP contribution >= 0.6 is 0 Å². The molecule has 8 nitrogen and oxygen atoms in total. The van der Waals surface area contributed by atoms with Crippen LogP contribution in [0.1, 0.15) is 0 Å². The third-order valence-corrected chi connectivity index (χ3v) is 3.69. The number of hydrogen-bond donors (Lipinski definition) is 2. The first-order chi connectivity index (χ1) is 13.4. The van der Waals surface area contributed by atoms with Crippen molar-refractivity contribution in [2.45, 2.75) is 6.36 Å². The number of ether oxygens (including phenoxy) is 1. The molecule has 0 radical (unpaired) electrons. The maximum atomic E-state index is 12.2. The molecule has 2 aromatic carbocycles. The lowest BCUT2D eigenvalue weighted by Gasteiger charge is -2.10. The number of anilines is 2. The van der Waals surface area contributed by atoms with Crippen LogP contribution in [-0.2, 0) is 0 Å². The van der Waals surface area contributed by atoms with Gasteiger partial charge in [-0.1, -0.05) is 12.1 Å². The molecule has 2 heterocycles. The molecule has 2 aromatic heterocycles. The number of nitrogens with zero attached hydrogens (tertiary/aromatic N) is 4. The van der Waals surface area contributed by atoms with E-state index in [9.17, 15) is 18.0 Å². The maximum absolute atomic E-state index is 12.2. The minimum atomic E-state index is -4.76. The highest BCUT2D eigenvalue weighted by molar-refractivity contribution is 5.76. The highest BCUT2D eigenvalue weighted by Gasteiger charge is 2.30. The third-order valence-electron chi connectivity index (χ3n) is 3.69. The summed E-state index contributed by atoms with van der Waals surface area (Å²) in [5.74, 6) is -0.136. The highest BCUT2D eigenvalue weighted by atomic mass is 19.4. The molecule has 0 aliphatic carbocycles. The van der Waals surface area contributed by atoms with Crippen molar-refractivity contribution in [3.05, 3.63) is 65.3 Å². The van der Waals surface area contributed by atoms with Gasteiger partial charge in [-0.2, -0.15) is 4.98 Å². The van der Waals surface area contributed by atoms with Gasteiger partial charge in [0.05, 0.1) is 11.0 Å². The summed E-state index contributed by atoms with van der Waals surface area (Å²) < 4.78 is 41.8. The van der Waals surface area contributed by atoms with Crippen molar-refractivity contribution in [2.24, 2.45) is 0 Å². The minimum Gasteiger partial charge on any atom is -0.406 e. The molecule has 2 N–H and O–H groups in total. The highest BCUT2D eigenvalue weighted by Crippen LogP contribution is 2.24. The fraction of sp³-hybridized carbons (Fsp3) is 0.0588. The summed E-state index contributed by atoms with van der Waals surface area (Å²) in [6.45, 7) is 0. The first-order valence-corrected chi connectivity index (χ1v) is 7.91. The number of imidazole rings is 1. The van der Waals surface area contributed by atoms with Crippen LogP contribution in [0.2, 0.25) is 0 Å². The number of alkyl halides is 3. The van der Waals surface area contributed by atoms with Crippen molar-refractivity contribution >= 4 is 22.7 Å². The number of halogens is 3. The normalized spacial score (nSPS) is 11.5. The van der Waals surface area contributed by atoms with Crippen LogP contribution in [0.3, 0.4) is 0 Å². The first kappa shape index (κ1) is 17.5. The molecule has 142 valence electrons. The van der Waals surface area contributed by atoms with Gasteiger partial charge in [0.15, 0.2) is 0 Å². The zero-order valence-electron chi connectivity index (χ0n) is 13.9. The molecule has 0 unspecified atom stereocenters. The Kier molecular flexibility index (Phi) is 4.18. The van der Waals surface area contributed by atoms with Gasteiger partial charge >= 0.3 is 12.1 Å². The Bertz CT molecular complexity index is 1180. The molecule has 0 amide bonds. The Morgan fingerprint density at radius 2 is 1.79 bits per heavy atom. The van der Waals surface area contributed by atoms with Gasteiger partial charge in [0.1, 0.15) is 12.1 Å². The Hall–Kier alpha value is -3.89. The van der Waals surface area contributed by atoms with Gasteiger partial charge < -0.3 is 15.0 Å². The average Bonchev–Trinajstić information content (AvgIpc) is 2.98. The van der Waals surface area contributed by atoms with Crippen molar-refractivity contribution in [1.82, 2.24) is 24.5 Å². The quantitative estimate of drug-likeness (QED) is 0.557. The number of nitrogens with one attached hydrogen (secondary N) is 2. The second kappa shape index (κ2) is 6.68. The summed E-state index contributed by atoms with van der Waals surface area (Å²) in [6.07, 6.45) is -3.54. The second-order valence-electron chi connectivity index (χ2n) is 5.59. The number of benzene rings is 2. The average molecular weight is 388 g/mol. The number of H-pyrrole nitrogens is 1. The van der Waals surface area contributed by atoms with E-state index >= 15 is 0 Å². The molecular formula is C17H11F3N6O2. The number of aromatic amines is 1. The van der Waals surface area contributed by atoms with E-state index in [1.807, 2.05) is 0 Å². The number of rotatable bonds is 4. The van der Waals surface area contributed by atoms with Gasteiger partial charge in [-0.15, -0.1) is 13.2 Å². The van der Waals surface area contributed by atoms with Gasteiger partial charge in [0, 0.05) is 5.69 Å². The lowest BCUT2D eigenvalue weighted by molar-refractivity contribution is -0.274. The monoisotopic (exact) mass is 388 g/mol. The summed E-state index contributed by atoms with van der Waals surface area (Å²) in [5.41, 5.74) is 1.24. The van der Waals surface area contributed by atoms with Crippen molar-refractivity contribution in [2.75, 3.05) is 5.32 Å². The fourth-order valence-electron chi connectivity index (χ4n) is 2.58. The molecule has 0 spiro atoms. The van der Waals surface area contributed by atoms with Crippen LogP contribution in [0.25, 0.3) is 17.0 Å². The molecule has 0 bridgehead atoms. The SMILES string of the molecule is O=c1[nH]c2ccccc2n1-c1ncnc(Nc2ccc(OC(F)(F)F)cc2)n1. The predicted molar refractivity (Wildman–Crippen MR) is 93.7 cm³/mol. The van der Waals surface area contributed by atoms with Gasteiger partial charge in [0.25, 0.3) is 0 Å². The Labute approximate surface area is 154 Å². The lowest BCUT2D eigenvalue weighted by Crippen LogP contribution is -2.18. The summed E-state index contributed by atoms with van der Waals surface area (Å²) >= 11 is 0. The zero-order chi connectivity index (χ0) is 19.7. The zero-order valence-corrected chi connectivity index (χ0v) is 13.9. The molecule has 0 aliphatic rings. The predicted octanol–water partition coefficient (Wildman–Crippen LogP) is 3.15. The van der Waals surface area contributed by atoms with Crippen LogP contribution in [0.15, 0.2) is 59.7 Å². The Balaban J connectivity index is 1.61. The summed E-state index contributed by atoms with van der Waals surface area (Å²) in [6, 6.07) is 12.1. The Morgan fingerprint density at radius 1 is 1.04 bits per heavy atom. The topological polar surface area (TPSA) is 97.7 Å². The van der Waals surface area contributed by atoms with Crippen LogP contribution in [0.4, 0.5) is 24.8 Å². The first-order valence-electron chi connectivity index (χ1n) is 7.91. The molecule has 0 aliphatic heterocycles. The van der Waals surface area contributed by atoms with E-state index in [2.05, 4.69) is 30.0 Å². The van der Waals surface area contributed by atoms with Gasteiger partial charge in [-0.05, 0) is 36.4 Å². The van der Waals surface area contributed by atoms with E-state index in [1.165, 1.54) is 23.0 Å². The number of aromatic nitrogens is 5. The van der Waals surface area contributed by atoms with Gasteiger partial charge in [-0.3, -0.25) is 0 Å². The fourth-order valence-corrected chi connectivity index (χ4v) is 2.58. The minimum absolute atomic E-state index is 0.0944. The smallest absolute Gasteiger partial charge is 0.406 e. The Morgan fingerprint density at radius 3 is 2.54 bits per heavy atom. The maximum Gasteiger partial charge on any atom is 0.573 e. The van der Waals surface area contributed by atoms with E-state index in [0.29, 0.717) is 16.7 Å². The van der Waals surface area contributed by atoms with Crippen molar-refractivity contribution in [1.29, 1.82) is 0 Å². The standard InChI is InChI=1S/C17H11F3N6O2/c18-17(19,20)28-11-7-5-10(6-8-11)23-14-21-9-22-15(25-14)26-13-4-2-1-3-12(13)24-16(26)27/h1-9H,(H,24,27)(H,21,22,23,25). The van der Waals surface area contributed by atoms with Crippen LogP contribution in [-0.4, -0.2) is 30.9 Å². The van der Waals surface area contributed by atoms with E-state index < -0.39 is 12.1 Å². The molecule has 28 heavy (non-hydrogen) atoms. The van der Waals surface area contributed by atoms with E-state index in [1.54, 1.807) is 24.3 Å².